The van der Waals surface area contributed by atoms with E-state index >= 15 is 0 Å². The molecule has 1 unspecified atom stereocenters. The molecule has 1 saturated heterocycles. The van der Waals surface area contributed by atoms with Crippen molar-refractivity contribution < 1.29 is 15.0 Å². The largest absolute Gasteiger partial charge is 0.368 e. The molecule has 4 nitrogen and oxygen atoms in total. The minimum Gasteiger partial charge on any atom is -0.368 e. The molecule has 1 atom stereocenters. The van der Waals surface area contributed by atoms with E-state index in [1.165, 1.54) is 0 Å². The average molecular weight is 145 g/mol. The van der Waals surface area contributed by atoms with E-state index in [4.69, 9.17) is 10.2 Å². The van der Waals surface area contributed by atoms with E-state index in [-0.39, 0.29) is 18.2 Å². The standard InChI is InChI=1S/C6H11NO3/c8-5-3-4(6(9)10)1-2-7-5/h4,6,9-10H,1-3H2,(H,7,8). The number of hydrogen-bond acceptors (Lipinski definition) is 3. The van der Waals surface area contributed by atoms with Crippen molar-refractivity contribution in [1.29, 1.82) is 0 Å². The van der Waals surface area contributed by atoms with Crippen LogP contribution in [0.15, 0.2) is 0 Å². The van der Waals surface area contributed by atoms with E-state index in [1.54, 1.807) is 0 Å². The van der Waals surface area contributed by atoms with Crippen LogP contribution in [0, 0.1) is 5.92 Å². The molecule has 1 amide bonds. The van der Waals surface area contributed by atoms with Gasteiger partial charge in [0.05, 0.1) is 0 Å². The number of aliphatic hydroxyl groups is 2. The Kier molecular flexibility index (Phi) is 2.24. The molecular weight excluding hydrogens is 134 g/mol. The van der Waals surface area contributed by atoms with Gasteiger partial charge in [-0.05, 0) is 6.42 Å². The summed E-state index contributed by atoms with van der Waals surface area (Å²) in [5.41, 5.74) is 0. The third kappa shape index (κ3) is 1.68. The van der Waals surface area contributed by atoms with Gasteiger partial charge in [-0.2, -0.15) is 0 Å². The van der Waals surface area contributed by atoms with Gasteiger partial charge in [0, 0.05) is 18.9 Å². The van der Waals surface area contributed by atoms with Crippen LogP contribution in [0.1, 0.15) is 12.8 Å². The second kappa shape index (κ2) is 2.98. The highest BCUT2D eigenvalue weighted by Crippen LogP contribution is 2.14. The molecule has 1 fully saturated rings. The van der Waals surface area contributed by atoms with Gasteiger partial charge in [-0.25, -0.2) is 0 Å². The van der Waals surface area contributed by atoms with Gasteiger partial charge in [0.15, 0.2) is 6.29 Å². The Morgan fingerprint density at radius 2 is 2.30 bits per heavy atom. The summed E-state index contributed by atoms with van der Waals surface area (Å²) in [6, 6.07) is 0. The molecule has 0 spiro atoms. The Morgan fingerprint density at radius 3 is 2.70 bits per heavy atom. The number of amides is 1. The molecule has 1 heterocycles. The maximum atomic E-state index is 10.6. The molecule has 0 aromatic heterocycles. The SMILES string of the molecule is O=C1CC(C(O)O)CCN1. The number of nitrogens with one attached hydrogen (secondary N) is 1. The smallest absolute Gasteiger partial charge is 0.220 e. The molecule has 0 bridgehead atoms. The van der Waals surface area contributed by atoms with Gasteiger partial charge in [0.1, 0.15) is 0 Å². The summed E-state index contributed by atoms with van der Waals surface area (Å²) in [6.45, 7) is 0.557. The predicted molar refractivity (Wildman–Crippen MR) is 34.0 cm³/mol. The quantitative estimate of drug-likeness (QED) is 0.407. The topological polar surface area (TPSA) is 69.6 Å². The lowest BCUT2D eigenvalue weighted by molar-refractivity contribution is -0.133. The maximum absolute atomic E-state index is 10.6. The van der Waals surface area contributed by atoms with Crippen LogP contribution >= 0.6 is 0 Å². The fourth-order valence-corrected chi connectivity index (χ4v) is 1.06. The number of piperidine rings is 1. The van der Waals surface area contributed by atoms with Gasteiger partial charge in [-0.15, -0.1) is 0 Å². The summed E-state index contributed by atoms with van der Waals surface area (Å²) < 4.78 is 0. The monoisotopic (exact) mass is 145 g/mol. The summed E-state index contributed by atoms with van der Waals surface area (Å²) in [5, 5.41) is 19.9. The normalized spacial score (nSPS) is 26.7. The van der Waals surface area contributed by atoms with Gasteiger partial charge >= 0.3 is 0 Å². The molecule has 1 rings (SSSR count). The van der Waals surface area contributed by atoms with Crippen molar-refractivity contribution in [1.82, 2.24) is 5.32 Å². The first-order chi connectivity index (χ1) is 4.70. The van der Waals surface area contributed by atoms with E-state index in [0.717, 1.165) is 0 Å². The minimum absolute atomic E-state index is 0.0932. The molecule has 0 aromatic rings. The second-order valence-corrected chi connectivity index (χ2v) is 2.52. The van der Waals surface area contributed by atoms with E-state index in [2.05, 4.69) is 5.32 Å². The highest BCUT2D eigenvalue weighted by atomic mass is 16.5. The van der Waals surface area contributed by atoms with Crippen LogP contribution in [0.5, 0.6) is 0 Å². The summed E-state index contributed by atoms with van der Waals surface area (Å²) in [6.07, 6.45) is -0.452. The first-order valence-electron chi connectivity index (χ1n) is 3.33. The summed E-state index contributed by atoms with van der Waals surface area (Å²) >= 11 is 0. The first-order valence-corrected chi connectivity index (χ1v) is 3.33. The Balaban J connectivity index is 2.39. The number of carbonyl (C=O) groups is 1. The highest BCUT2D eigenvalue weighted by Gasteiger charge is 2.23. The zero-order chi connectivity index (χ0) is 7.56. The number of carbonyl (C=O) groups excluding carboxylic acids is 1. The molecule has 4 heteroatoms. The van der Waals surface area contributed by atoms with Crippen molar-refractivity contribution in [2.75, 3.05) is 6.54 Å². The molecule has 0 saturated carbocycles. The van der Waals surface area contributed by atoms with Crippen molar-refractivity contribution in [3.8, 4) is 0 Å². The number of rotatable bonds is 1. The fraction of sp³-hybridized carbons (Fsp3) is 0.833. The van der Waals surface area contributed by atoms with Gasteiger partial charge in [0.2, 0.25) is 5.91 Å². The second-order valence-electron chi connectivity index (χ2n) is 2.52. The molecular formula is C6H11NO3. The zero-order valence-electron chi connectivity index (χ0n) is 5.58. The van der Waals surface area contributed by atoms with Crippen molar-refractivity contribution in [2.24, 2.45) is 5.92 Å². The van der Waals surface area contributed by atoms with E-state index in [0.29, 0.717) is 13.0 Å². The molecule has 0 aliphatic carbocycles. The van der Waals surface area contributed by atoms with E-state index < -0.39 is 6.29 Å². The lowest BCUT2D eigenvalue weighted by Crippen LogP contribution is -2.38. The molecule has 0 aromatic carbocycles. The van der Waals surface area contributed by atoms with Gasteiger partial charge in [0.25, 0.3) is 0 Å². The van der Waals surface area contributed by atoms with Crippen LogP contribution in [-0.2, 0) is 4.79 Å². The Bertz CT molecular complexity index is 135. The molecule has 3 N–H and O–H groups in total. The highest BCUT2D eigenvalue weighted by molar-refractivity contribution is 5.76. The van der Waals surface area contributed by atoms with Crippen molar-refractivity contribution in [3.05, 3.63) is 0 Å². The van der Waals surface area contributed by atoms with E-state index in [9.17, 15) is 4.79 Å². The fourth-order valence-electron chi connectivity index (χ4n) is 1.06. The third-order valence-corrected chi connectivity index (χ3v) is 1.71. The zero-order valence-corrected chi connectivity index (χ0v) is 5.58. The predicted octanol–water partition coefficient (Wildman–Crippen LogP) is -1.18. The van der Waals surface area contributed by atoms with Crippen molar-refractivity contribution >= 4 is 5.91 Å². The van der Waals surface area contributed by atoms with Gasteiger partial charge in [-0.3, -0.25) is 4.79 Å². The molecule has 1 aliphatic rings. The van der Waals surface area contributed by atoms with Crippen LogP contribution in [-0.4, -0.2) is 29.0 Å². The van der Waals surface area contributed by atoms with Crippen LogP contribution in [0.25, 0.3) is 0 Å². The number of hydrogen-bond donors (Lipinski definition) is 3. The van der Waals surface area contributed by atoms with Crippen LogP contribution < -0.4 is 5.32 Å². The summed E-state index contributed by atoms with van der Waals surface area (Å²) in [7, 11) is 0. The Morgan fingerprint density at radius 1 is 1.60 bits per heavy atom. The lowest BCUT2D eigenvalue weighted by Gasteiger charge is -2.22. The Hall–Kier alpha value is -0.610. The minimum atomic E-state index is -1.34. The summed E-state index contributed by atoms with van der Waals surface area (Å²) in [4.78, 5) is 10.6. The van der Waals surface area contributed by atoms with Crippen LogP contribution in [0.2, 0.25) is 0 Å². The first kappa shape index (κ1) is 7.50. The van der Waals surface area contributed by atoms with Crippen LogP contribution in [0.3, 0.4) is 0 Å². The van der Waals surface area contributed by atoms with Crippen molar-refractivity contribution in [3.63, 3.8) is 0 Å². The van der Waals surface area contributed by atoms with Crippen molar-refractivity contribution in [2.45, 2.75) is 19.1 Å². The molecule has 10 heavy (non-hydrogen) atoms. The molecule has 0 radical (unpaired) electrons. The average Bonchev–Trinajstić information content (AvgIpc) is 1.88. The summed E-state index contributed by atoms with van der Waals surface area (Å²) in [5.74, 6) is -0.363. The molecule has 58 valence electrons. The maximum Gasteiger partial charge on any atom is 0.220 e. The lowest BCUT2D eigenvalue weighted by atomic mass is 9.97. The third-order valence-electron chi connectivity index (χ3n) is 1.71. The van der Waals surface area contributed by atoms with Crippen LogP contribution in [0.4, 0.5) is 0 Å². The van der Waals surface area contributed by atoms with Gasteiger partial charge in [-0.1, -0.05) is 0 Å². The van der Waals surface area contributed by atoms with E-state index in [1.807, 2.05) is 0 Å². The number of aliphatic hydroxyl groups excluding tert-OH is 1. The Labute approximate surface area is 58.9 Å². The molecule has 1 aliphatic heterocycles. The van der Waals surface area contributed by atoms with Gasteiger partial charge < -0.3 is 15.5 Å².